The van der Waals surface area contributed by atoms with Gasteiger partial charge in [-0.2, -0.15) is 5.26 Å². The van der Waals surface area contributed by atoms with Crippen LogP contribution in [0.1, 0.15) is 22.4 Å². The number of halogens is 1. The summed E-state index contributed by atoms with van der Waals surface area (Å²) in [6.45, 7) is 9.78. The zero-order valence-corrected chi connectivity index (χ0v) is 33.6. The Kier molecular flexibility index (Phi) is 14.8. The Bertz CT molecular complexity index is 2510. The van der Waals surface area contributed by atoms with Gasteiger partial charge in [-0.05, 0) is 54.4 Å². The van der Waals surface area contributed by atoms with Crippen LogP contribution in [0.2, 0.25) is 5.02 Å². The van der Waals surface area contributed by atoms with Gasteiger partial charge in [0.2, 0.25) is 5.69 Å². The number of thioether (sulfide) groups is 1. The second kappa shape index (κ2) is 19.9. The molecular weight excluding hydrogens is 804 g/mol. The SMILES string of the molecule is Cc1ccc(S(=O)(=O)[O-])cc1.[C-]#[N+]c1c(N)nc(SCc2csc(-c3ccc(Cl)cc3)n2)c(C#N)c1-c1ccc(OCCOC(=O)[C@@H]([NH3+])Cc2ccccc2)cc1. The number of pyridine rings is 1. The number of quaternary nitrogens is 1. The Hall–Kier alpha value is -5.78. The summed E-state index contributed by atoms with van der Waals surface area (Å²) in [5.41, 5.74) is 15.3. The highest BCUT2D eigenvalue weighted by Crippen LogP contribution is 2.42. The van der Waals surface area contributed by atoms with Crippen molar-refractivity contribution in [3.8, 4) is 33.5 Å². The number of carbonyl (C=O) groups is 1. The number of aromatic nitrogens is 2. The van der Waals surface area contributed by atoms with Crippen LogP contribution in [0.4, 0.5) is 11.5 Å². The van der Waals surface area contributed by atoms with Crippen LogP contribution in [0.25, 0.3) is 26.5 Å². The fourth-order valence-corrected chi connectivity index (χ4v) is 7.65. The van der Waals surface area contributed by atoms with Gasteiger partial charge in [-0.15, -0.1) is 11.3 Å². The van der Waals surface area contributed by atoms with Crippen molar-refractivity contribution in [3.63, 3.8) is 0 Å². The van der Waals surface area contributed by atoms with Crippen LogP contribution in [0.3, 0.4) is 0 Å². The van der Waals surface area contributed by atoms with Crippen molar-refractivity contribution in [1.82, 2.24) is 9.97 Å². The number of benzene rings is 4. The normalized spacial score (nSPS) is 11.3. The topological polar surface area (TPSA) is 200 Å². The van der Waals surface area contributed by atoms with E-state index in [4.69, 9.17) is 38.4 Å². The maximum absolute atomic E-state index is 12.3. The van der Waals surface area contributed by atoms with Crippen LogP contribution >= 0.6 is 34.7 Å². The Labute approximate surface area is 343 Å². The third-order valence-electron chi connectivity index (χ3n) is 8.10. The first-order valence-corrected chi connectivity index (χ1v) is 20.7. The molecular formula is C41H35ClN6O6S3. The summed E-state index contributed by atoms with van der Waals surface area (Å²) >= 11 is 8.86. The summed E-state index contributed by atoms with van der Waals surface area (Å²) in [5.74, 6) is 0.652. The average Bonchev–Trinajstić information content (AvgIpc) is 3.68. The number of thiazole rings is 1. The van der Waals surface area contributed by atoms with E-state index in [1.807, 2.05) is 66.9 Å². The molecule has 2 heterocycles. The van der Waals surface area contributed by atoms with E-state index in [1.54, 1.807) is 36.4 Å². The molecule has 6 rings (SSSR count). The van der Waals surface area contributed by atoms with E-state index in [9.17, 15) is 23.0 Å². The van der Waals surface area contributed by atoms with Gasteiger partial charge in [-0.25, -0.2) is 28.0 Å². The first-order chi connectivity index (χ1) is 27.4. The molecule has 0 aliphatic heterocycles. The van der Waals surface area contributed by atoms with Crippen molar-refractivity contribution in [3.05, 3.63) is 147 Å². The second-order valence-electron chi connectivity index (χ2n) is 12.3. The lowest BCUT2D eigenvalue weighted by molar-refractivity contribution is -0.407. The van der Waals surface area contributed by atoms with Crippen LogP contribution in [-0.4, -0.2) is 48.2 Å². The molecule has 0 fully saturated rings. The van der Waals surface area contributed by atoms with E-state index in [0.29, 0.717) is 39.1 Å². The molecule has 5 N–H and O–H groups in total. The minimum absolute atomic E-state index is 0.0461. The maximum atomic E-state index is 12.3. The molecule has 4 aromatic carbocycles. The monoisotopic (exact) mass is 838 g/mol. The van der Waals surface area contributed by atoms with Crippen molar-refractivity contribution in [2.75, 3.05) is 18.9 Å². The zero-order valence-electron chi connectivity index (χ0n) is 30.4. The minimum atomic E-state index is -4.27. The number of nitrogens with zero attached hydrogens (tertiary/aromatic N) is 4. The molecule has 290 valence electrons. The number of nitrogens with two attached hydrogens (primary N) is 1. The molecule has 0 aliphatic carbocycles. The van der Waals surface area contributed by atoms with Crippen LogP contribution < -0.4 is 16.2 Å². The van der Waals surface area contributed by atoms with Gasteiger partial charge in [0.1, 0.15) is 51.0 Å². The van der Waals surface area contributed by atoms with Gasteiger partial charge < -0.3 is 25.5 Å². The number of nitriles is 1. The van der Waals surface area contributed by atoms with Crippen molar-refractivity contribution < 1.29 is 33.0 Å². The number of carbonyl (C=O) groups excluding carboxylic acids is 1. The summed E-state index contributed by atoms with van der Waals surface area (Å²) < 4.78 is 42.3. The Morgan fingerprint density at radius 1 is 1.02 bits per heavy atom. The van der Waals surface area contributed by atoms with Crippen LogP contribution in [0, 0.1) is 24.8 Å². The maximum Gasteiger partial charge on any atom is 0.365 e. The van der Waals surface area contributed by atoms with Crippen molar-refractivity contribution in [2.45, 2.75) is 35.1 Å². The van der Waals surface area contributed by atoms with Crippen molar-refractivity contribution in [1.29, 1.82) is 5.26 Å². The molecule has 6 aromatic rings. The number of ether oxygens (including phenoxy) is 2. The Balaban J connectivity index is 0.000000486. The van der Waals surface area contributed by atoms with Crippen molar-refractivity contribution in [2.24, 2.45) is 0 Å². The highest BCUT2D eigenvalue weighted by molar-refractivity contribution is 7.98. The molecule has 0 aliphatic rings. The molecule has 0 saturated carbocycles. The molecule has 0 bridgehead atoms. The van der Waals surface area contributed by atoms with E-state index in [0.717, 1.165) is 27.4 Å². The van der Waals surface area contributed by atoms with E-state index in [2.05, 4.69) is 21.6 Å². The summed E-state index contributed by atoms with van der Waals surface area (Å²) in [5, 5.41) is 14.1. The predicted octanol–water partition coefficient (Wildman–Crippen LogP) is 7.50. The van der Waals surface area contributed by atoms with E-state index in [-0.39, 0.29) is 41.1 Å². The second-order valence-corrected chi connectivity index (χ2v) is 15.9. The highest BCUT2D eigenvalue weighted by atomic mass is 35.5. The van der Waals surface area contributed by atoms with Crippen molar-refractivity contribution >= 4 is 62.3 Å². The van der Waals surface area contributed by atoms with Gasteiger partial charge in [-0.3, -0.25) is 0 Å². The highest BCUT2D eigenvalue weighted by Gasteiger charge is 2.22. The summed E-state index contributed by atoms with van der Waals surface area (Å²) in [6.07, 6.45) is 0.495. The summed E-state index contributed by atoms with van der Waals surface area (Å²) in [6, 6.07) is 31.6. The number of rotatable bonds is 13. The standard InChI is InChI=1S/C34H27ClN6O3S2.C7H8O3S/c1-39-30-29(22-9-13-26(14-10-22)43-15-16-44-34(42)28(37)17-21-5-3-2-4-6-21)27(18-36)33(41-31(30)38)46-20-25-19-45-32(40-25)23-7-11-24(35)12-8-23;1-6-2-4-7(5-3-6)11(8,9)10/h2-14,19,28H,15-17,20,37H2,(H2,38,41);2-5H,1H3,(H,8,9,10)/t28-;/m0./s1. The molecule has 0 radical (unpaired) electrons. The largest absolute Gasteiger partial charge is 0.744 e. The first kappa shape index (κ1) is 42.4. The molecule has 0 spiro atoms. The molecule has 0 amide bonds. The summed E-state index contributed by atoms with van der Waals surface area (Å²) in [4.78, 5) is 24.9. The van der Waals surface area contributed by atoms with Gasteiger partial charge in [0, 0.05) is 33.7 Å². The molecule has 57 heavy (non-hydrogen) atoms. The van der Waals surface area contributed by atoms with E-state index >= 15 is 0 Å². The van der Waals surface area contributed by atoms with E-state index in [1.165, 1.54) is 35.2 Å². The predicted molar refractivity (Wildman–Crippen MR) is 220 cm³/mol. The van der Waals surface area contributed by atoms with E-state index < -0.39 is 16.2 Å². The van der Waals surface area contributed by atoms with Crippen LogP contribution in [-0.2, 0) is 31.8 Å². The summed E-state index contributed by atoms with van der Waals surface area (Å²) in [7, 11) is -4.27. The average molecular weight is 839 g/mol. The molecule has 0 unspecified atom stereocenters. The van der Waals surface area contributed by atoms with Gasteiger partial charge in [0.15, 0.2) is 6.04 Å². The van der Waals surface area contributed by atoms with Crippen LogP contribution in [0.5, 0.6) is 5.75 Å². The van der Waals surface area contributed by atoms with Crippen LogP contribution in [0.15, 0.2) is 118 Å². The molecule has 12 nitrogen and oxygen atoms in total. The number of esters is 1. The molecule has 1 atom stereocenters. The van der Waals surface area contributed by atoms with Gasteiger partial charge in [0.05, 0.1) is 22.7 Å². The number of hydrogen-bond donors (Lipinski definition) is 2. The quantitative estimate of drug-likeness (QED) is 0.0384. The number of nitrogen functional groups attached to an aromatic ring is 1. The Morgan fingerprint density at radius 2 is 1.68 bits per heavy atom. The molecule has 16 heteroatoms. The third-order valence-corrected chi connectivity index (χ3v) is 11.1. The number of aryl methyl sites for hydroxylation is 1. The lowest BCUT2D eigenvalue weighted by Crippen LogP contribution is -2.66. The minimum Gasteiger partial charge on any atom is -0.744 e. The molecule has 2 aromatic heterocycles. The number of hydrogen-bond acceptors (Lipinski definition) is 12. The van der Waals surface area contributed by atoms with Gasteiger partial charge >= 0.3 is 5.97 Å². The fraction of sp³-hybridized carbons (Fsp3) is 0.146. The zero-order chi connectivity index (χ0) is 41.0. The smallest absolute Gasteiger partial charge is 0.365 e. The van der Waals surface area contributed by atoms with Gasteiger partial charge in [-0.1, -0.05) is 95.7 Å². The van der Waals surface area contributed by atoms with Gasteiger partial charge in [0.25, 0.3) is 0 Å². The lowest BCUT2D eigenvalue weighted by atomic mass is 10.00. The molecule has 0 saturated heterocycles. The fourth-order valence-electron chi connectivity index (χ4n) is 5.24. The Morgan fingerprint density at radius 3 is 2.32 bits per heavy atom. The first-order valence-electron chi connectivity index (χ1n) is 17.1. The number of anilines is 1. The third kappa shape index (κ3) is 11.9. The lowest BCUT2D eigenvalue weighted by Gasteiger charge is -2.14.